The molecule has 0 fully saturated rings. The van der Waals surface area contributed by atoms with Crippen LogP contribution in [0.5, 0.6) is 0 Å². The largest absolute Gasteiger partial charge is 0.382 e. The Hall–Kier alpha value is -1.21. The van der Waals surface area contributed by atoms with Crippen LogP contribution in [-0.4, -0.2) is 38.3 Å². The summed E-state index contributed by atoms with van der Waals surface area (Å²) in [6.45, 7) is 7.10. The molecule has 1 aromatic carbocycles. The molecule has 3 N–H and O–H groups in total. The average molecular weight is 363 g/mol. The molecule has 138 valence electrons. The lowest BCUT2D eigenvalue weighted by Gasteiger charge is -2.33. The van der Waals surface area contributed by atoms with Crippen molar-refractivity contribution in [2.45, 2.75) is 32.9 Å². The second-order valence-corrected chi connectivity index (χ2v) is 6.08. The first-order chi connectivity index (χ1) is 10.8. The minimum absolute atomic E-state index is 0. The lowest BCUT2D eigenvalue weighted by molar-refractivity contribution is 0.0603. The summed E-state index contributed by atoms with van der Waals surface area (Å²) in [6, 6.07) is 4.24. The zero-order chi connectivity index (χ0) is 17.5. The lowest BCUT2D eigenvalue weighted by Crippen LogP contribution is -2.55. The Balaban J connectivity index is 0.00000529. The third kappa shape index (κ3) is 6.36. The number of halogens is 2. The number of benzene rings is 1. The molecule has 0 spiro atoms. The van der Waals surface area contributed by atoms with E-state index >= 15 is 0 Å². The quantitative estimate of drug-likeness (QED) is 0.662. The van der Waals surface area contributed by atoms with Gasteiger partial charge in [0.15, 0.2) is 0 Å². The number of nitrogens with one attached hydrogen (secondary N) is 1. The molecule has 0 aliphatic rings. The Bertz CT molecular complexity index is 529. The molecule has 0 aliphatic carbocycles. The van der Waals surface area contributed by atoms with Gasteiger partial charge in [-0.3, -0.25) is 4.79 Å². The molecule has 0 saturated carbocycles. The van der Waals surface area contributed by atoms with Gasteiger partial charge >= 0.3 is 0 Å². The molecular formula is C17H28ClFN2O3. The third-order valence-corrected chi connectivity index (χ3v) is 4.09. The summed E-state index contributed by atoms with van der Waals surface area (Å²) in [4.78, 5) is 12.4. The first-order valence-electron chi connectivity index (χ1n) is 7.71. The van der Waals surface area contributed by atoms with Gasteiger partial charge in [0, 0.05) is 24.8 Å². The highest BCUT2D eigenvalue weighted by atomic mass is 35.5. The molecule has 24 heavy (non-hydrogen) atoms. The second kappa shape index (κ2) is 10.6. The molecule has 1 atom stereocenters. The topological polar surface area (TPSA) is 73.6 Å². The number of carbonyl (C=O) groups excluding carboxylic acids is 1. The van der Waals surface area contributed by atoms with Crippen molar-refractivity contribution in [3.05, 3.63) is 35.1 Å². The van der Waals surface area contributed by atoms with Crippen molar-refractivity contribution in [2.24, 2.45) is 11.7 Å². The van der Waals surface area contributed by atoms with Gasteiger partial charge < -0.3 is 20.5 Å². The number of ether oxygens (including phenoxy) is 2. The molecule has 5 nitrogen and oxygen atoms in total. The minimum atomic E-state index is -0.513. The van der Waals surface area contributed by atoms with Crippen molar-refractivity contribution in [1.29, 1.82) is 0 Å². The normalized spacial score (nSPS) is 13.3. The summed E-state index contributed by atoms with van der Waals surface area (Å²) < 4.78 is 24.0. The smallest absolute Gasteiger partial charge is 0.251 e. The van der Waals surface area contributed by atoms with E-state index in [1.54, 1.807) is 7.11 Å². The summed E-state index contributed by atoms with van der Waals surface area (Å²) in [5, 5.41) is 2.93. The average Bonchev–Trinajstić information content (AvgIpc) is 2.52. The van der Waals surface area contributed by atoms with Crippen LogP contribution in [0.2, 0.25) is 0 Å². The predicted molar refractivity (Wildman–Crippen MR) is 94.9 cm³/mol. The fraction of sp³-hybridized carbons (Fsp3) is 0.588. The molecule has 0 bridgehead atoms. The molecule has 1 rings (SSSR count). The van der Waals surface area contributed by atoms with Gasteiger partial charge in [0.25, 0.3) is 5.91 Å². The van der Waals surface area contributed by atoms with E-state index in [9.17, 15) is 9.18 Å². The number of rotatable bonds is 9. The van der Waals surface area contributed by atoms with Gasteiger partial charge in [-0.1, -0.05) is 13.8 Å². The van der Waals surface area contributed by atoms with Crippen LogP contribution >= 0.6 is 12.4 Å². The molecule has 0 saturated heterocycles. The highest BCUT2D eigenvalue weighted by Crippen LogP contribution is 2.17. The standard InChI is InChI=1S/C17H27FN2O3.ClH/c1-12(2)17(3,11-19)20-16(21)13-5-6-15(18)14(9-13)10-23-8-7-22-4;/h5-6,9,12H,7-8,10-11,19H2,1-4H3,(H,20,21);1H. The summed E-state index contributed by atoms with van der Waals surface area (Å²) in [6.07, 6.45) is 0. The zero-order valence-corrected chi connectivity index (χ0v) is 15.5. The van der Waals surface area contributed by atoms with Crippen molar-refractivity contribution in [3.63, 3.8) is 0 Å². The Kier molecular flexibility index (Phi) is 10.1. The van der Waals surface area contributed by atoms with E-state index < -0.39 is 11.4 Å². The minimum Gasteiger partial charge on any atom is -0.382 e. The van der Waals surface area contributed by atoms with Gasteiger partial charge in [0.1, 0.15) is 5.82 Å². The van der Waals surface area contributed by atoms with Gasteiger partial charge in [0.05, 0.1) is 25.4 Å². The van der Waals surface area contributed by atoms with Gasteiger partial charge in [0.2, 0.25) is 0 Å². The van der Waals surface area contributed by atoms with Crippen LogP contribution in [0, 0.1) is 11.7 Å². The summed E-state index contributed by atoms with van der Waals surface area (Å²) >= 11 is 0. The number of carbonyl (C=O) groups is 1. The molecule has 1 unspecified atom stereocenters. The fourth-order valence-electron chi connectivity index (χ4n) is 1.91. The van der Waals surface area contributed by atoms with E-state index in [1.165, 1.54) is 18.2 Å². The monoisotopic (exact) mass is 362 g/mol. The SMILES string of the molecule is COCCOCc1cc(C(=O)NC(C)(CN)C(C)C)ccc1F.Cl. The van der Waals surface area contributed by atoms with E-state index in [-0.39, 0.29) is 30.8 Å². The van der Waals surface area contributed by atoms with Crippen molar-refractivity contribution in [1.82, 2.24) is 5.32 Å². The fourth-order valence-corrected chi connectivity index (χ4v) is 1.91. The number of hydrogen-bond acceptors (Lipinski definition) is 4. The van der Waals surface area contributed by atoms with Crippen molar-refractivity contribution < 1.29 is 18.7 Å². The highest BCUT2D eigenvalue weighted by Gasteiger charge is 2.29. The molecule has 7 heteroatoms. The summed E-state index contributed by atoms with van der Waals surface area (Å²) in [5.74, 6) is -0.497. The number of nitrogens with two attached hydrogens (primary N) is 1. The molecule has 0 heterocycles. The van der Waals surface area contributed by atoms with Gasteiger partial charge in [-0.2, -0.15) is 0 Å². The van der Waals surface area contributed by atoms with E-state index in [2.05, 4.69) is 5.32 Å². The van der Waals surface area contributed by atoms with Crippen LogP contribution in [0.4, 0.5) is 4.39 Å². The Labute approximate surface area is 149 Å². The van der Waals surface area contributed by atoms with Gasteiger partial charge in [-0.05, 0) is 31.0 Å². The molecule has 0 aliphatic heterocycles. The van der Waals surface area contributed by atoms with Crippen LogP contribution in [0.25, 0.3) is 0 Å². The zero-order valence-electron chi connectivity index (χ0n) is 14.7. The predicted octanol–water partition coefficient (Wildman–Crippen LogP) is 2.51. The van der Waals surface area contributed by atoms with Crippen LogP contribution in [0.15, 0.2) is 18.2 Å². The van der Waals surface area contributed by atoms with E-state index in [1.807, 2.05) is 20.8 Å². The van der Waals surface area contributed by atoms with E-state index in [0.717, 1.165) is 0 Å². The van der Waals surface area contributed by atoms with Crippen LogP contribution in [-0.2, 0) is 16.1 Å². The maximum absolute atomic E-state index is 13.8. The molecule has 0 aromatic heterocycles. The first-order valence-corrected chi connectivity index (χ1v) is 7.71. The lowest BCUT2D eigenvalue weighted by atomic mass is 9.88. The first kappa shape index (κ1) is 22.8. The summed E-state index contributed by atoms with van der Waals surface area (Å²) in [7, 11) is 1.57. The van der Waals surface area contributed by atoms with Gasteiger partial charge in [-0.15, -0.1) is 12.4 Å². The van der Waals surface area contributed by atoms with Crippen LogP contribution in [0.3, 0.4) is 0 Å². The maximum Gasteiger partial charge on any atom is 0.251 e. The Morgan fingerprint density at radius 3 is 2.58 bits per heavy atom. The van der Waals surface area contributed by atoms with E-state index in [0.29, 0.717) is 30.9 Å². The second-order valence-electron chi connectivity index (χ2n) is 6.08. The number of methoxy groups -OCH3 is 1. The molecule has 1 amide bonds. The third-order valence-electron chi connectivity index (χ3n) is 4.09. The van der Waals surface area contributed by atoms with Crippen LogP contribution in [0.1, 0.15) is 36.7 Å². The molecular weight excluding hydrogens is 335 g/mol. The maximum atomic E-state index is 13.8. The van der Waals surface area contributed by atoms with Crippen molar-refractivity contribution in [3.8, 4) is 0 Å². The van der Waals surface area contributed by atoms with Crippen molar-refractivity contribution in [2.75, 3.05) is 26.9 Å². The number of amides is 1. The molecule has 1 aromatic rings. The summed E-state index contributed by atoms with van der Waals surface area (Å²) in [5.41, 5.74) is 5.99. The van der Waals surface area contributed by atoms with Gasteiger partial charge in [-0.25, -0.2) is 4.39 Å². The Morgan fingerprint density at radius 1 is 1.38 bits per heavy atom. The number of hydrogen-bond donors (Lipinski definition) is 2. The highest BCUT2D eigenvalue weighted by molar-refractivity contribution is 5.94. The molecule has 0 radical (unpaired) electrons. The van der Waals surface area contributed by atoms with Crippen molar-refractivity contribution >= 4 is 18.3 Å². The van der Waals surface area contributed by atoms with E-state index in [4.69, 9.17) is 15.2 Å². The van der Waals surface area contributed by atoms with Crippen LogP contribution < -0.4 is 11.1 Å². The Morgan fingerprint density at radius 2 is 2.04 bits per heavy atom.